The SMILES string of the molecule is Cc1cc(-c2cc(C(=O)NCCc3ccc(Cl)cc3)nn2C)ccc1F. The molecule has 0 aliphatic carbocycles. The van der Waals surface area contributed by atoms with Crippen LogP contribution in [0.3, 0.4) is 0 Å². The molecule has 0 atom stereocenters. The Morgan fingerprint density at radius 2 is 1.92 bits per heavy atom. The number of carbonyl (C=O) groups is 1. The number of benzene rings is 2. The van der Waals surface area contributed by atoms with Crippen molar-refractivity contribution in [1.29, 1.82) is 0 Å². The molecule has 0 unspecified atom stereocenters. The molecule has 6 heteroatoms. The molecule has 0 fully saturated rings. The lowest BCUT2D eigenvalue weighted by Gasteiger charge is -2.03. The molecular formula is C20H19ClFN3O. The van der Waals surface area contributed by atoms with Gasteiger partial charge in [0.1, 0.15) is 5.82 Å². The molecule has 1 N–H and O–H groups in total. The number of nitrogens with one attached hydrogen (secondary N) is 1. The Morgan fingerprint density at radius 3 is 2.62 bits per heavy atom. The summed E-state index contributed by atoms with van der Waals surface area (Å²) in [6, 6.07) is 14.1. The molecule has 1 aromatic heterocycles. The standard InChI is InChI=1S/C20H19ClFN3O/c1-13-11-15(5-8-17(13)22)19-12-18(24-25(19)2)20(26)23-10-9-14-3-6-16(21)7-4-14/h3-8,11-12H,9-10H2,1-2H3,(H,23,26). The van der Waals surface area contributed by atoms with Gasteiger partial charge in [-0.2, -0.15) is 5.10 Å². The fourth-order valence-electron chi connectivity index (χ4n) is 2.71. The van der Waals surface area contributed by atoms with Crippen LogP contribution >= 0.6 is 11.6 Å². The van der Waals surface area contributed by atoms with Crippen molar-refractivity contribution in [3.05, 3.63) is 76.2 Å². The molecule has 134 valence electrons. The number of aryl methyl sites for hydroxylation is 2. The summed E-state index contributed by atoms with van der Waals surface area (Å²) < 4.78 is 15.1. The molecular weight excluding hydrogens is 353 g/mol. The highest BCUT2D eigenvalue weighted by Gasteiger charge is 2.14. The molecule has 0 bridgehead atoms. The Hall–Kier alpha value is -2.66. The summed E-state index contributed by atoms with van der Waals surface area (Å²) in [5, 5.41) is 7.83. The fraction of sp³-hybridized carbons (Fsp3) is 0.200. The van der Waals surface area contributed by atoms with Crippen LogP contribution in [0, 0.1) is 12.7 Å². The van der Waals surface area contributed by atoms with Gasteiger partial charge in [-0.1, -0.05) is 23.7 Å². The first-order chi connectivity index (χ1) is 12.4. The molecule has 0 radical (unpaired) electrons. The lowest BCUT2D eigenvalue weighted by atomic mass is 10.1. The maximum absolute atomic E-state index is 13.5. The maximum atomic E-state index is 13.5. The molecule has 3 rings (SSSR count). The van der Waals surface area contributed by atoms with Crippen molar-refractivity contribution in [3.8, 4) is 11.3 Å². The third-order valence-electron chi connectivity index (χ3n) is 4.18. The average molecular weight is 372 g/mol. The average Bonchev–Trinajstić information content (AvgIpc) is 3.01. The Kier molecular flexibility index (Phi) is 5.38. The summed E-state index contributed by atoms with van der Waals surface area (Å²) in [6.07, 6.45) is 0.708. The van der Waals surface area contributed by atoms with Crippen LogP contribution in [0.2, 0.25) is 5.02 Å². The predicted molar refractivity (Wildman–Crippen MR) is 101 cm³/mol. The third kappa shape index (κ3) is 4.11. The van der Waals surface area contributed by atoms with Crippen molar-refractivity contribution >= 4 is 17.5 Å². The Bertz CT molecular complexity index is 935. The highest BCUT2D eigenvalue weighted by Crippen LogP contribution is 2.22. The number of nitrogens with zero attached hydrogens (tertiary/aromatic N) is 2. The smallest absolute Gasteiger partial charge is 0.271 e. The van der Waals surface area contributed by atoms with Crippen molar-refractivity contribution in [3.63, 3.8) is 0 Å². The molecule has 1 heterocycles. The molecule has 2 aromatic carbocycles. The molecule has 0 aliphatic heterocycles. The van der Waals surface area contributed by atoms with Gasteiger partial charge in [0.15, 0.2) is 5.69 Å². The summed E-state index contributed by atoms with van der Waals surface area (Å²) in [7, 11) is 1.76. The fourth-order valence-corrected chi connectivity index (χ4v) is 2.84. The van der Waals surface area contributed by atoms with E-state index in [1.807, 2.05) is 24.3 Å². The van der Waals surface area contributed by atoms with E-state index < -0.39 is 0 Å². The Balaban J connectivity index is 1.66. The van der Waals surface area contributed by atoms with Crippen molar-refractivity contribution in [2.45, 2.75) is 13.3 Å². The van der Waals surface area contributed by atoms with E-state index in [1.54, 1.807) is 36.9 Å². The van der Waals surface area contributed by atoms with E-state index in [4.69, 9.17) is 11.6 Å². The quantitative estimate of drug-likeness (QED) is 0.732. The number of rotatable bonds is 5. The van der Waals surface area contributed by atoms with Crippen LogP contribution in [0.25, 0.3) is 11.3 Å². The van der Waals surface area contributed by atoms with E-state index in [0.717, 1.165) is 16.8 Å². The summed E-state index contributed by atoms with van der Waals surface area (Å²) >= 11 is 5.86. The van der Waals surface area contributed by atoms with Crippen LogP contribution < -0.4 is 5.32 Å². The summed E-state index contributed by atoms with van der Waals surface area (Å²) in [6.45, 7) is 2.21. The minimum atomic E-state index is -0.254. The van der Waals surface area contributed by atoms with Crippen molar-refractivity contribution in [1.82, 2.24) is 15.1 Å². The molecule has 0 saturated heterocycles. The number of carbonyl (C=O) groups excluding carboxylic acids is 1. The zero-order chi connectivity index (χ0) is 18.7. The van der Waals surface area contributed by atoms with Crippen LogP contribution in [-0.2, 0) is 13.5 Å². The first kappa shape index (κ1) is 18.1. The molecule has 3 aromatic rings. The minimum Gasteiger partial charge on any atom is -0.350 e. The molecule has 0 aliphatic rings. The van der Waals surface area contributed by atoms with Gasteiger partial charge in [0.05, 0.1) is 5.69 Å². The van der Waals surface area contributed by atoms with E-state index in [9.17, 15) is 9.18 Å². The second-order valence-electron chi connectivity index (χ2n) is 6.13. The normalized spacial score (nSPS) is 10.8. The second-order valence-corrected chi connectivity index (χ2v) is 6.57. The van der Waals surface area contributed by atoms with Crippen molar-refractivity contribution in [2.75, 3.05) is 6.54 Å². The third-order valence-corrected chi connectivity index (χ3v) is 4.43. The van der Waals surface area contributed by atoms with Crippen LogP contribution in [0.15, 0.2) is 48.5 Å². The number of amides is 1. The summed E-state index contributed by atoms with van der Waals surface area (Å²) in [5.41, 5.74) is 3.56. The van der Waals surface area contributed by atoms with Crippen LogP contribution in [0.5, 0.6) is 0 Å². The number of hydrogen-bond acceptors (Lipinski definition) is 2. The van der Waals surface area contributed by atoms with Crippen molar-refractivity contribution in [2.24, 2.45) is 7.05 Å². The van der Waals surface area contributed by atoms with E-state index in [1.165, 1.54) is 6.07 Å². The first-order valence-electron chi connectivity index (χ1n) is 8.27. The van der Waals surface area contributed by atoms with Gasteiger partial charge in [-0.25, -0.2) is 4.39 Å². The highest BCUT2D eigenvalue weighted by atomic mass is 35.5. The van der Waals surface area contributed by atoms with E-state index in [2.05, 4.69) is 10.4 Å². The number of halogens is 2. The Labute approximate surface area is 156 Å². The lowest BCUT2D eigenvalue weighted by molar-refractivity contribution is 0.0948. The lowest BCUT2D eigenvalue weighted by Crippen LogP contribution is -2.26. The number of aromatic nitrogens is 2. The topological polar surface area (TPSA) is 46.9 Å². The molecule has 26 heavy (non-hydrogen) atoms. The zero-order valence-electron chi connectivity index (χ0n) is 14.6. The maximum Gasteiger partial charge on any atom is 0.271 e. The van der Waals surface area contributed by atoms with Gasteiger partial charge in [0, 0.05) is 24.2 Å². The first-order valence-corrected chi connectivity index (χ1v) is 8.65. The molecule has 4 nitrogen and oxygen atoms in total. The van der Waals surface area contributed by atoms with Gasteiger partial charge < -0.3 is 5.32 Å². The van der Waals surface area contributed by atoms with Crippen molar-refractivity contribution < 1.29 is 9.18 Å². The highest BCUT2D eigenvalue weighted by molar-refractivity contribution is 6.30. The molecule has 1 amide bonds. The Morgan fingerprint density at radius 1 is 1.19 bits per heavy atom. The minimum absolute atomic E-state index is 0.236. The van der Waals surface area contributed by atoms with Crippen LogP contribution in [0.4, 0.5) is 4.39 Å². The van der Waals surface area contributed by atoms with Crippen LogP contribution in [-0.4, -0.2) is 22.2 Å². The van der Waals surface area contributed by atoms with Gasteiger partial charge in [-0.15, -0.1) is 0 Å². The largest absolute Gasteiger partial charge is 0.350 e. The van der Waals surface area contributed by atoms with Gasteiger partial charge in [-0.3, -0.25) is 9.48 Å². The van der Waals surface area contributed by atoms with E-state index >= 15 is 0 Å². The van der Waals surface area contributed by atoms with Gasteiger partial charge in [0.25, 0.3) is 5.91 Å². The van der Waals surface area contributed by atoms with Crippen LogP contribution in [0.1, 0.15) is 21.6 Å². The zero-order valence-corrected chi connectivity index (χ0v) is 15.3. The molecule has 0 saturated carbocycles. The number of hydrogen-bond donors (Lipinski definition) is 1. The monoisotopic (exact) mass is 371 g/mol. The van der Waals surface area contributed by atoms with E-state index in [0.29, 0.717) is 29.2 Å². The molecule has 0 spiro atoms. The predicted octanol–water partition coefficient (Wildman–Crippen LogP) is 4.16. The van der Waals surface area contributed by atoms with E-state index in [-0.39, 0.29) is 11.7 Å². The summed E-state index contributed by atoms with van der Waals surface area (Å²) in [4.78, 5) is 12.3. The summed E-state index contributed by atoms with van der Waals surface area (Å²) in [5.74, 6) is -0.490. The van der Waals surface area contributed by atoms with Gasteiger partial charge in [0.2, 0.25) is 0 Å². The second kappa shape index (κ2) is 7.70. The van der Waals surface area contributed by atoms with Gasteiger partial charge >= 0.3 is 0 Å². The van der Waals surface area contributed by atoms with Gasteiger partial charge in [-0.05, 0) is 60.9 Å².